The molecule has 0 aliphatic heterocycles. The van der Waals surface area contributed by atoms with Crippen molar-refractivity contribution in [1.29, 1.82) is 5.26 Å². The van der Waals surface area contributed by atoms with Gasteiger partial charge in [-0.25, -0.2) is 4.79 Å². The smallest absolute Gasteiger partial charge is 0.331 e. The minimum absolute atomic E-state index is 0.125. The fraction of sp³-hybridized carbons (Fsp3) is 0.150. The molecule has 2 rings (SSSR count). The number of rotatable bonds is 7. The molecule has 0 spiro atoms. The van der Waals surface area contributed by atoms with Gasteiger partial charge in [-0.2, -0.15) is 5.26 Å². The lowest BCUT2D eigenvalue weighted by Crippen LogP contribution is -2.34. The number of amides is 1. The fourth-order valence-corrected chi connectivity index (χ4v) is 2.17. The summed E-state index contributed by atoms with van der Waals surface area (Å²) in [6.07, 6.45) is 2.80. The number of para-hydroxylation sites is 1. The van der Waals surface area contributed by atoms with E-state index >= 15 is 0 Å². The number of esters is 1. The summed E-state index contributed by atoms with van der Waals surface area (Å²) in [6.45, 7) is -0.572. The third-order valence-corrected chi connectivity index (χ3v) is 3.44. The fourth-order valence-electron chi connectivity index (χ4n) is 2.17. The lowest BCUT2D eigenvalue weighted by molar-refractivity contribution is -0.142. The van der Waals surface area contributed by atoms with Gasteiger partial charge in [-0.3, -0.25) is 9.69 Å². The molecule has 0 saturated heterocycles. The van der Waals surface area contributed by atoms with Crippen LogP contribution in [0.1, 0.15) is 5.56 Å². The number of hydrogen-bond acceptors (Lipinski definition) is 5. The minimum atomic E-state index is -0.647. The van der Waals surface area contributed by atoms with Crippen LogP contribution in [0.3, 0.4) is 0 Å². The Morgan fingerprint density at radius 3 is 2.62 bits per heavy atom. The number of methoxy groups -OCH3 is 1. The van der Waals surface area contributed by atoms with E-state index in [1.54, 1.807) is 55.7 Å². The molecule has 0 aliphatic carbocycles. The van der Waals surface area contributed by atoms with Gasteiger partial charge in [0.05, 0.1) is 13.2 Å². The predicted octanol–water partition coefficient (Wildman–Crippen LogP) is 2.81. The van der Waals surface area contributed by atoms with Crippen molar-refractivity contribution in [3.05, 3.63) is 66.2 Å². The van der Waals surface area contributed by atoms with Crippen molar-refractivity contribution < 1.29 is 19.1 Å². The summed E-state index contributed by atoms with van der Waals surface area (Å²) in [7, 11) is 1.56. The number of nitriles is 1. The zero-order valence-electron chi connectivity index (χ0n) is 14.3. The second kappa shape index (κ2) is 9.64. The van der Waals surface area contributed by atoms with Crippen LogP contribution >= 0.6 is 0 Å². The minimum Gasteiger partial charge on any atom is -0.497 e. The molecular weight excluding hydrogens is 332 g/mol. The van der Waals surface area contributed by atoms with Crippen molar-refractivity contribution in [3.63, 3.8) is 0 Å². The Morgan fingerprint density at radius 1 is 1.15 bits per heavy atom. The summed E-state index contributed by atoms with van der Waals surface area (Å²) >= 11 is 0. The summed E-state index contributed by atoms with van der Waals surface area (Å²) < 4.78 is 10.1. The van der Waals surface area contributed by atoms with Gasteiger partial charge in [-0.15, -0.1) is 0 Å². The third-order valence-electron chi connectivity index (χ3n) is 3.44. The number of anilines is 1. The van der Waals surface area contributed by atoms with Gasteiger partial charge in [0, 0.05) is 11.8 Å². The molecule has 2 aromatic carbocycles. The molecule has 0 unspecified atom stereocenters. The maximum absolute atomic E-state index is 12.3. The Labute approximate surface area is 151 Å². The van der Waals surface area contributed by atoms with Crippen LogP contribution in [0, 0.1) is 11.3 Å². The molecule has 0 aromatic heterocycles. The number of hydrogen-bond donors (Lipinski definition) is 0. The van der Waals surface area contributed by atoms with Crippen LogP contribution in [-0.4, -0.2) is 32.1 Å². The van der Waals surface area contributed by atoms with Crippen molar-refractivity contribution in [2.45, 2.75) is 0 Å². The molecular formula is C20H18N2O4. The summed E-state index contributed by atoms with van der Waals surface area (Å²) in [6, 6.07) is 17.8. The number of nitrogens with zero attached hydrogens (tertiary/aromatic N) is 2. The van der Waals surface area contributed by atoms with E-state index in [4.69, 9.17) is 14.7 Å². The first-order chi connectivity index (χ1) is 12.6. The van der Waals surface area contributed by atoms with E-state index in [0.29, 0.717) is 11.4 Å². The van der Waals surface area contributed by atoms with E-state index in [9.17, 15) is 9.59 Å². The lowest BCUT2D eigenvalue weighted by Gasteiger charge is -2.19. The summed E-state index contributed by atoms with van der Waals surface area (Å²) in [4.78, 5) is 25.3. The van der Waals surface area contributed by atoms with Gasteiger partial charge in [0.2, 0.25) is 0 Å². The largest absolute Gasteiger partial charge is 0.497 e. The van der Waals surface area contributed by atoms with Gasteiger partial charge in [0.15, 0.2) is 6.61 Å². The highest BCUT2D eigenvalue weighted by Gasteiger charge is 2.16. The standard InChI is InChI=1S/C20H18N2O4/c1-25-18-9-5-6-16(14-18)10-11-20(24)26-15-19(23)22(13-12-21)17-7-3-2-4-8-17/h2-11,14H,13,15H2,1H3/b11-10+. The Morgan fingerprint density at radius 2 is 1.92 bits per heavy atom. The van der Waals surface area contributed by atoms with Crippen LogP contribution in [0.25, 0.3) is 6.08 Å². The van der Waals surface area contributed by atoms with Crippen LogP contribution < -0.4 is 9.64 Å². The first-order valence-electron chi connectivity index (χ1n) is 7.85. The molecule has 6 heteroatoms. The van der Waals surface area contributed by atoms with Gasteiger partial charge in [0.25, 0.3) is 5.91 Å². The summed E-state index contributed by atoms with van der Waals surface area (Å²) in [5.41, 5.74) is 1.34. The van der Waals surface area contributed by atoms with Gasteiger partial charge in [0.1, 0.15) is 12.3 Å². The Bertz CT molecular complexity index is 825. The summed E-state index contributed by atoms with van der Waals surface area (Å²) in [5.74, 6) is -0.447. The predicted molar refractivity (Wildman–Crippen MR) is 97.4 cm³/mol. The molecule has 0 N–H and O–H groups in total. The molecule has 26 heavy (non-hydrogen) atoms. The molecule has 0 bridgehead atoms. The second-order valence-electron chi connectivity index (χ2n) is 5.19. The molecule has 0 aliphatic rings. The van der Waals surface area contributed by atoms with Crippen molar-refractivity contribution in [1.82, 2.24) is 0 Å². The van der Waals surface area contributed by atoms with Gasteiger partial charge in [-0.1, -0.05) is 30.3 Å². The Hall–Kier alpha value is -3.59. The molecule has 0 atom stereocenters. The number of ether oxygens (including phenoxy) is 2. The highest BCUT2D eigenvalue weighted by atomic mass is 16.5. The molecule has 2 aromatic rings. The molecule has 0 saturated carbocycles. The van der Waals surface area contributed by atoms with E-state index in [2.05, 4.69) is 0 Å². The molecule has 0 radical (unpaired) electrons. The average Bonchev–Trinajstić information content (AvgIpc) is 2.69. The van der Waals surface area contributed by atoms with Crippen molar-refractivity contribution in [2.24, 2.45) is 0 Å². The third kappa shape index (κ3) is 5.49. The van der Waals surface area contributed by atoms with E-state index < -0.39 is 18.5 Å². The topological polar surface area (TPSA) is 79.6 Å². The zero-order valence-corrected chi connectivity index (χ0v) is 14.3. The molecule has 132 valence electrons. The number of carbonyl (C=O) groups is 2. The van der Waals surface area contributed by atoms with Crippen molar-refractivity contribution in [2.75, 3.05) is 25.2 Å². The number of carbonyl (C=O) groups excluding carboxylic acids is 2. The highest BCUT2D eigenvalue weighted by molar-refractivity contribution is 5.96. The van der Waals surface area contributed by atoms with Crippen LogP contribution in [-0.2, 0) is 14.3 Å². The van der Waals surface area contributed by atoms with E-state index in [1.165, 1.54) is 11.0 Å². The van der Waals surface area contributed by atoms with Gasteiger partial charge < -0.3 is 9.47 Å². The van der Waals surface area contributed by atoms with Gasteiger partial charge >= 0.3 is 5.97 Å². The van der Waals surface area contributed by atoms with Gasteiger partial charge in [-0.05, 0) is 35.9 Å². The maximum atomic E-state index is 12.3. The zero-order chi connectivity index (χ0) is 18.8. The van der Waals surface area contributed by atoms with E-state index in [0.717, 1.165) is 5.56 Å². The molecule has 0 fully saturated rings. The van der Waals surface area contributed by atoms with Crippen LogP contribution in [0.15, 0.2) is 60.7 Å². The van der Waals surface area contributed by atoms with Crippen LogP contribution in [0.5, 0.6) is 5.75 Å². The van der Waals surface area contributed by atoms with Crippen molar-refractivity contribution >= 4 is 23.6 Å². The molecule has 6 nitrogen and oxygen atoms in total. The second-order valence-corrected chi connectivity index (χ2v) is 5.19. The molecule has 1 amide bonds. The quantitative estimate of drug-likeness (QED) is 0.436. The normalized spacial score (nSPS) is 10.2. The molecule has 0 heterocycles. The maximum Gasteiger partial charge on any atom is 0.331 e. The summed E-state index contributed by atoms with van der Waals surface area (Å²) in [5, 5.41) is 8.90. The SMILES string of the molecule is COc1cccc(/C=C/C(=O)OCC(=O)N(CC#N)c2ccccc2)c1. The first kappa shape index (κ1) is 18.7. The highest BCUT2D eigenvalue weighted by Crippen LogP contribution is 2.14. The van der Waals surface area contributed by atoms with Crippen LogP contribution in [0.4, 0.5) is 5.69 Å². The number of benzene rings is 2. The Kier molecular flexibility index (Phi) is 6.95. The van der Waals surface area contributed by atoms with Crippen LogP contribution in [0.2, 0.25) is 0 Å². The lowest BCUT2D eigenvalue weighted by atomic mass is 10.2. The van der Waals surface area contributed by atoms with E-state index in [-0.39, 0.29) is 6.54 Å². The van der Waals surface area contributed by atoms with E-state index in [1.807, 2.05) is 18.2 Å². The Balaban J connectivity index is 1.93. The monoisotopic (exact) mass is 350 g/mol. The van der Waals surface area contributed by atoms with Crippen molar-refractivity contribution in [3.8, 4) is 11.8 Å². The first-order valence-corrected chi connectivity index (χ1v) is 7.85. The average molecular weight is 350 g/mol.